The van der Waals surface area contributed by atoms with Crippen LogP contribution in [0.2, 0.25) is 0 Å². The highest BCUT2D eigenvalue weighted by Crippen LogP contribution is 2.20. The van der Waals surface area contributed by atoms with Gasteiger partial charge >= 0.3 is 5.97 Å². The highest BCUT2D eigenvalue weighted by atomic mass is 32.1. The number of esters is 1. The Morgan fingerprint density at radius 3 is 3.05 bits per heavy atom. The monoisotopic (exact) mass is 289 g/mol. The van der Waals surface area contributed by atoms with E-state index in [0.717, 1.165) is 5.56 Å². The van der Waals surface area contributed by atoms with Gasteiger partial charge < -0.3 is 13.7 Å². The average Bonchev–Trinajstić information content (AvgIpc) is 3.18. The van der Waals surface area contributed by atoms with Gasteiger partial charge in [0.15, 0.2) is 5.76 Å². The molecule has 0 bridgehead atoms. The van der Waals surface area contributed by atoms with Crippen molar-refractivity contribution in [2.75, 3.05) is 0 Å². The number of thiophene rings is 1. The first-order valence-corrected chi connectivity index (χ1v) is 6.92. The maximum Gasteiger partial charge on any atom is 0.310 e. The van der Waals surface area contributed by atoms with E-state index in [1.54, 1.807) is 35.8 Å². The minimum absolute atomic E-state index is 0.0905. The van der Waals surface area contributed by atoms with Crippen LogP contribution in [0, 0.1) is 0 Å². The lowest BCUT2D eigenvalue weighted by molar-refractivity contribution is -0.144. The van der Waals surface area contributed by atoms with E-state index in [0.29, 0.717) is 17.2 Å². The summed E-state index contributed by atoms with van der Waals surface area (Å²) < 4.78 is 15.4. The Balaban J connectivity index is 1.55. The summed E-state index contributed by atoms with van der Waals surface area (Å²) in [5, 5.41) is 7.68. The molecule has 0 aliphatic heterocycles. The molecular formula is C14H11NO4S. The standard InChI is InChI=1S/C14H11NO4S/c16-14(6-10-3-5-20-9-10)18-8-11-7-13(19-15-11)12-2-1-4-17-12/h1-5,7,9H,6,8H2. The molecule has 0 fully saturated rings. The first kappa shape index (κ1) is 12.7. The van der Waals surface area contributed by atoms with E-state index in [2.05, 4.69) is 5.16 Å². The van der Waals surface area contributed by atoms with Gasteiger partial charge in [0.25, 0.3) is 0 Å². The number of carbonyl (C=O) groups is 1. The molecule has 0 saturated heterocycles. The Bertz CT molecular complexity index is 670. The lowest BCUT2D eigenvalue weighted by Gasteiger charge is -2.00. The fourth-order valence-electron chi connectivity index (χ4n) is 1.68. The summed E-state index contributed by atoms with van der Waals surface area (Å²) in [6.07, 6.45) is 1.82. The zero-order chi connectivity index (χ0) is 13.8. The molecule has 0 spiro atoms. The summed E-state index contributed by atoms with van der Waals surface area (Å²) in [4.78, 5) is 11.6. The van der Waals surface area contributed by atoms with Crippen LogP contribution in [-0.2, 0) is 22.6 Å². The molecule has 0 unspecified atom stereocenters. The van der Waals surface area contributed by atoms with Crippen molar-refractivity contribution in [2.45, 2.75) is 13.0 Å². The number of rotatable bonds is 5. The van der Waals surface area contributed by atoms with Crippen LogP contribution in [0.1, 0.15) is 11.3 Å². The van der Waals surface area contributed by atoms with Crippen LogP contribution >= 0.6 is 11.3 Å². The van der Waals surface area contributed by atoms with Gasteiger partial charge in [-0.2, -0.15) is 11.3 Å². The van der Waals surface area contributed by atoms with Crippen molar-refractivity contribution in [3.8, 4) is 11.5 Å². The molecular weight excluding hydrogens is 278 g/mol. The van der Waals surface area contributed by atoms with Crippen LogP contribution in [0.4, 0.5) is 0 Å². The molecule has 0 radical (unpaired) electrons. The Morgan fingerprint density at radius 1 is 1.35 bits per heavy atom. The van der Waals surface area contributed by atoms with E-state index < -0.39 is 0 Å². The van der Waals surface area contributed by atoms with Crippen molar-refractivity contribution in [1.82, 2.24) is 5.16 Å². The molecule has 0 aliphatic rings. The van der Waals surface area contributed by atoms with Crippen molar-refractivity contribution >= 4 is 17.3 Å². The minimum atomic E-state index is -0.286. The van der Waals surface area contributed by atoms with E-state index in [1.165, 1.54) is 0 Å². The summed E-state index contributed by atoms with van der Waals surface area (Å²) in [6.45, 7) is 0.0905. The first-order chi connectivity index (χ1) is 9.81. The lowest BCUT2D eigenvalue weighted by atomic mass is 10.2. The van der Waals surface area contributed by atoms with Crippen LogP contribution in [-0.4, -0.2) is 11.1 Å². The van der Waals surface area contributed by atoms with Gasteiger partial charge in [0, 0.05) is 6.07 Å². The molecule has 5 nitrogen and oxygen atoms in total. The van der Waals surface area contributed by atoms with Crippen LogP contribution in [0.15, 0.2) is 50.2 Å². The largest absolute Gasteiger partial charge is 0.461 e. The number of hydrogen-bond donors (Lipinski definition) is 0. The van der Waals surface area contributed by atoms with Crippen molar-refractivity contribution in [2.24, 2.45) is 0 Å². The molecule has 0 atom stereocenters. The highest BCUT2D eigenvalue weighted by molar-refractivity contribution is 7.07. The van der Waals surface area contributed by atoms with Gasteiger partial charge in [-0.1, -0.05) is 5.16 Å². The normalized spacial score (nSPS) is 10.6. The molecule has 0 N–H and O–H groups in total. The number of hydrogen-bond acceptors (Lipinski definition) is 6. The second-order valence-corrected chi connectivity index (χ2v) is 4.91. The molecule has 20 heavy (non-hydrogen) atoms. The predicted octanol–water partition coefficient (Wildman–Crippen LogP) is 3.28. The fraction of sp³-hybridized carbons (Fsp3) is 0.143. The van der Waals surface area contributed by atoms with Crippen LogP contribution in [0.3, 0.4) is 0 Å². The van der Waals surface area contributed by atoms with E-state index in [-0.39, 0.29) is 19.0 Å². The average molecular weight is 289 g/mol. The topological polar surface area (TPSA) is 65.5 Å². The molecule has 102 valence electrons. The van der Waals surface area contributed by atoms with Crippen molar-refractivity contribution in [3.05, 3.63) is 52.5 Å². The molecule has 3 aromatic heterocycles. The third-order valence-corrected chi connectivity index (χ3v) is 3.36. The summed E-state index contributed by atoms with van der Waals surface area (Å²) in [5.41, 5.74) is 1.51. The molecule has 0 saturated carbocycles. The molecule has 0 aliphatic carbocycles. The lowest BCUT2D eigenvalue weighted by Crippen LogP contribution is -2.07. The Morgan fingerprint density at radius 2 is 2.30 bits per heavy atom. The Hall–Kier alpha value is -2.34. The summed E-state index contributed by atoms with van der Waals surface area (Å²) in [7, 11) is 0. The van der Waals surface area contributed by atoms with E-state index in [9.17, 15) is 4.79 Å². The maximum absolute atomic E-state index is 11.6. The van der Waals surface area contributed by atoms with Crippen molar-refractivity contribution in [1.29, 1.82) is 0 Å². The third-order valence-electron chi connectivity index (χ3n) is 2.63. The quantitative estimate of drug-likeness (QED) is 0.674. The number of furan rings is 1. The predicted molar refractivity (Wildman–Crippen MR) is 72.0 cm³/mol. The minimum Gasteiger partial charge on any atom is -0.461 e. The van der Waals surface area contributed by atoms with E-state index in [4.69, 9.17) is 13.7 Å². The van der Waals surface area contributed by atoms with Gasteiger partial charge in [0.1, 0.15) is 12.3 Å². The molecule has 3 rings (SSSR count). The Kier molecular flexibility index (Phi) is 3.64. The first-order valence-electron chi connectivity index (χ1n) is 5.97. The van der Waals surface area contributed by atoms with Gasteiger partial charge in [-0.15, -0.1) is 0 Å². The van der Waals surface area contributed by atoms with Gasteiger partial charge in [-0.25, -0.2) is 0 Å². The smallest absolute Gasteiger partial charge is 0.310 e. The number of carbonyl (C=O) groups excluding carboxylic acids is 1. The van der Waals surface area contributed by atoms with Crippen LogP contribution in [0.5, 0.6) is 0 Å². The van der Waals surface area contributed by atoms with Gasteiger partial charge in [0.2, 0.25) is 5.76 Å². The van der Waals surface area contributed by atoms with Crippen molar-refractivity contribution in [3.63, 3.8) is 0 Å². The fourth-order valence-corrected chi connectivity index (χ4v) is 2.35. The molecule has 0 amide bonds. The second-order valence-electron chi connectivity index (χ2n) is 4.13. The van der Waals surface area contributed by atoms with Gasteiger partial charge in [-0.3, -0.25) is 4.79 Å². The van der Waals surface area contributed by atoms with E-state index in [1.807, 2.05) is 16.8 Å². The second kappa shape index (κ2) is 5.75. The zero-order valence-electron chi connectivity index (χ0n) is 10.4. The molecule has 3 aromatic rings. The van der Waals surface area contributed by atoms with Gasteiger partial charge in [0.05, 0.1) is 12.7 Å². The number of nitrogens with zero attached hydrogens (tertiary/aromatic N) is 1. The summed E-state index contributed by atoms with van der Waals surface area (Å²) >= 11 is 1.55. The van der Waals surface area contributed by atoms with E-state index >= 15 is 0 Å². The number of ether oxygens (including phenoxy) is 1. The molecule has 3 heterocycles. The Labute approximate surface area is 118 Å². The van der Waals surface area contributed by atoms with Gasteiger partial charge in [-0.05, 0) is 34.5 Å². The highest BCUT2D eigenvalue weighted by Gasteiger charge is 2.11. The summed E-state index contributed by atoms with van der Waals surface area (Å²) in [5.74, 6) is 0.818. The summed E-state index contributed by atoms with van der Waals surface area (Å²) in [6, 6.07) is 7.12. The van der Waals surface area contributed by atoms with Crippen molar-refractivity contribution < 1.29 is 18.5 Å². The maximum atomic E-state index is 11.6. The third kappa shape index (κ3) is 2.97. The zero-order valence-corrected chi connectivity index (χ0v) is 11.3. The SMILES string of the molecule is O=C(Cc1ccsc1)OCc1cc(-c2ccco2)on1. The molecule has 6 heteroatoms. The molecule has 0 aromatic carbocycles. The number of aromatic nitrogens is 1. The van der Waals surface area contributed by atoms with Crippen LogP contribution < -0.4 is 0 Å². The van der Waals surface area contributed by atoms with Crippen LogP contribution in [0.25, 0.3) is 11.5 Å².